The number of hydrogen-bond donors (Lipinski definition) is 2. The molecule has 2 N–H and O–H groups in total. The van der Waals surface area contributed by atoms with Gasteiger partial charge in [-0.3, -0.25) is 4.79 Å². The highest BCUT2D eigenvalue weighted by Gasteiger charge is 2.08. The Labute approximate surface area is 111 Å². The zero-order chi connectivity index (χ0) is 13.0. The van der Waals surface area contributed by atoms with Crippen molar-refractivity contribution in [2.45, 2.75) is 13.8 Å². The molecule has 0 bridgehead atoms. The Morgan fingerprint density at radius 1 is 1.33 bits per heavy atom. The predicted octanol–water partition coefficient (Wildman–Crippen LogP) is 3.74. The quantitative estimate of drug-likeness (QED) is 0.879. The van der Waals surface area contributed by atoms with E-state index in [4.69, 9.17) is 0 Å². The number of thiophene rings is 1. The highest BCUT2D eigenvalue weighted by molar-refractivity contribution is 7.08. The van der Waals surface area contributed by atoms with E-state index in [0.29, 0.717) is 5.56 Å². The molecule has 1 heterocycles. The molecule has 94 valence electrons. The molecule has 0 saturated carbocycles. The second-order valence-electron chi connectivity index (χ2n) is 4.03. The number of rotatable bonds is 4. The first kappa shape index (κ1) is 12.6. The summed E-state index contributed by atoms with van der Waals surface area (Å²) in [5, 5.41) is 9.98. The van der Waals surface area contributed by atoms with Gasteiger partial charge < -0.3 is 10.6 Å². The van der Waals surface area contributed by atoms with Gasteiger partial charge in [-0.05, 0) is 49.1 Å². The van der Waals surface area contributed by atoms with Gasteiger partial charge in [-0.25, -0.2) is 0 Å². The molecule has 3 nitrogen and oxygen atoms in total. The van der Waals surface area contributed by atoms with E-state index in [1.807, 2.05) is 41.9 Å². The maximum Gasteiger partial charge on any atom is 0.255 e. The van der Waals surface area contributed by atoms with Crippen molar-refractivity contribution in [3.63, 3.8) is 0 Å². The third-order valence-corrected chi connectivity index (χ3v) is 3.32. The van der Waals surface area contributed by atoms with E-state index in [2.05, 4.69) is 17.6 Å². The Morgan fingerprint density at radius 3 is 2.78 bits per heavy atom. The van der Waals surface area contributed by atoms with Crippen LogP contribution in [0.1, 0.15) is 22.8 Å². The van der Waals surface area contributed by atoms with Crippen LogP contribution in [0.4, 0.5) is 11.4 Å². The third-order valence-electron chi connectivity index (χ3n) is 2.63. The maximum absolute atomic E-state index is 12.0. The molecule has 18 heavy (non-hydrogen) atoms. The van der Waals surface area contributed by atoms with Crippen LogP contribution in [0.15, 0.2) is 35.0 Å². The van der Waals surface area contributed by atoms with E-state index in [-0.39, 0.29) is 5.91 Å². The van der Waals surface area contributed by atoms with Crippen LogP contribution in [0.5, 0.6) is 0 Å². The topological polar surface area (TPSA) is 41.1 Å². The molecule has 4 heteroatoms. The summed E-state index contributed by atoms with van der Waals surface area (Å²) in [4.78, 5) is 12.0. The molecule has 0 radical (unpaired) electrons. The minimum absolute atomic E-state index is 0.0699. The number of nitrogens with one attached hydrogen (secondary N) is 2. The number of amides is 1. The van der Waals surface area contributed by atoms with Crippen LogP contribution in [0, 0.1) is 6.92 Å². The van der Waals surface area contributed by atoms with Crippen LogP contribution in [-0.2, 0) is 0 Å². The highest BCUT2D eigenvalue weighted by atomic mass is 32.1. The van der Waals surface area contributed by atoms with Crippen molar-refractivity contribution in [1.82, 2.24) is 0 Å². The molecule has 0 atom stereocenters. The third kappa shape index (κ3) is 2.90. The Morgan fingerprint density at radius 2 is 2.17 bits per heavy atom. The van der Waals surface area contributed by atoms with Crippen molar-refractivity contribution in [3.05, 3.63) is 46.2 Å². The monoisotopic (exact) mass is 260 g/mol. The summed E-state index contributed by atoms with van der Waals surface area (Å²) in [6.45, 7) is 4.93. The average Bonchev–Trinajstić information content (AvgIpc) is 2.84. The molecular formula is C14H16N2OS. The highest BCUT2D eigenvalue weighted by Crippen LogP contribution is 2.18. The van der Waals surface area contributed by atoms with Crippen LogP contribution in [0.25, 0.3) is 0 Å². The molecule has 2 aromatic rings. The first-order chi connectivity index (χ1) is 8.70. The van der Waals surface area contributed by atoms with E-state index in [1.54, 1.807) is 11.3 Å². The lowest BCUT2D eigenvalue weighted by molar-refractivity contribution is 0.102. The molecule has 0 unspecified atom stereocenters. The summed E-state index contributed by atoms with van der Waals surface area (Å²) in [7, 11) is 0. The smallest absolute Gasteiger partial charge is 0.255 e. The van der Waals surface area contributed by atoms with Crippen LogP contribution in [0.3, 0.4) is 0 Å². The van der Waals surface area contributed by atoms with Gasteiger partial charge in [0.25, 0.3) is 5.91 Å². The summed E-state index contributed by atoms with van der Waals surface area (Å²) < 4.78 is 0. The minimum atomic E-state index is -0.0699. The fourth-order valence-electron chi connectivity index (χ4n) is 1.73. The fourth-order valence-corrected chi connectivity index (χ4v) is 2.32. The summed E-state index contributed by atoms with van der Waals surface area (Å²) in [5.74, 6) is -0.0699. The number of aryl methyl sites for hydroxylation is 1. The Bertz CT molecular complexity index is 535. The largest absolute Gasteiger partial charge is 0.385 e. The SMILES string of the molecule is CCNc1ccc(C(=O)Nc2ccsc2)cc1C. The summed E-state index contributed by atoms with van der Waals surface area (Å²) in [6.07, 6.45) is 0. The van der Waals surface area contributed by atoms with Crippen LogP contribution in [-0.4, -0.2) is 12.5 Å². The molecule has 0 aliphatic rings. The molecule has 0 fully saturated rings. The van der Waals surface area contributed by atoms with Gasteiger partial charge in [0.05, 0.1) is 5.69 Å². The van der Waals surface area contributed by atoms with Gasteiger partial charge in [-0.1, -0.05) is 0 Å². The lowest BCUT2D eigenvalue weighted by Gasteiger charge is -2.09. The van der Waals surface area contributed by atoms with Crippen LogP contribution in [0.2, 0.25) is 0 Å². The van der Waals surface area contributed by atoms with Gasteiger partial charge in [-0.15, -0.1) is 0 Å². The minimum Gasteiger partial charge on any atom is -0.385 e. The van der Waals surface area contributed by atoms with Crippen molar-refractivity contribution < 1.29 is 4.79 Å². The Kier molecular flexibility index (Phi) is 3.99. The van der Waals surface area contributed by atoms with Crippen molar-refractivity contribution in [2.24, 2.45) is 0 Å². The molecule has 0 spiro atoms. The zero-order valence-electron chi connectivity index (χ0n) is 10.5. The number of carbonyl (C=O) groups excluding carboxylic acids is 1. The number of carbonyl (C=O) groups is 1. The van der Waals surface area contributed by atoms with E-state index in [1.165, 1.54) is 0 Å². The zero-order valence-corrected chi connectivity index (χ0v) is 11.3. The van der Waals surface area contributed by atoms with Crippen LogP contribution < -0.4 is 10.6 Å². The van der Waals surface area contributed by atoms with Crippen molar-refractivity contribution in [1.29, 1.82) is 0 Å². The van der Waals surface area contributed by atoms with E-state index in [0.717, 1.165) is 23.5 Å². The van der Waals surface area contributed by atoms with Crippen molar-refractivity contribution in [2.75, 3.05) is 17.2 Å². The number of benzene rings is 1. The summed E-state index contributed by atoms with van der Waals surface area (Å²) in [5.41, 5.74) is 3.68. The molecule has 0 aliphatic carbocycles. The van der Waals surface area contributed by atoms with Gasteiger partial charge in [0.15, 0.2) is 0 Å². The van der Waals surface area contributed by atoms with Gasteiger partial charge in [0.2, 0.25) is 0 Å². The predicted molar refractivity (Wildman–Crippen MR) is 77.6 cm³/mol. The van der Waals surface area contributed by atoms with Crippen molar-refractivity contribution >= 4 is 28.6 Å². The summed E-state index contributed by atoms with van der Waals surface area (Å²) in [6, 6.07) is 7.58. The van der Waals surface area contributed by atoms with Gasteiger partial charge >= 0.3 is 0 Å². The van der Waals surface area contributed by atoms with E-state index >= 15 is 0 Å². The van der Waals surface area contributed by atoms with E-state index in [9.17, 15) is 4.79 Å². The van der Waals surface area contributed by atoms with Gasteiger partial charge in [-0.2, -0.15) is 11.3 Å². The molecule has 2 rings (SSSR count). The summed E-state index contributed by atoms with van der Waals surface area (Å²) >= 11 is 1.56. The Balaban J connectivity index is 2.13. The first-order valence-electron chi connectivity index (χ1n) is 5.88. The second-order valence-corrected chi connectivity index (χ2v) is 4.81. The fraction of sp³-hybridized carbons (Fsp3) is 0.214. The van der Waals surface area contributed by atoms with Gasteiger partial charge in [0, 0.05) is 23.2 Å². The molecule has 0 saturated heterocycles. The molecule has 1 aromatic heterocycles. The second kappa shape index (κ2) is 5.69. The first-order valence-corrected chi connectivity index (χ1v) is 6.83. The molecule has 0 aliphatic heterocycles. The standard InChI is InChI=1S/C14H16N2OS/c1-3-15-13-5-4-11(8-10(13)2)14(17)16-12-6-7-18-9-12/h4-9,15H,3H2,1-2H3,(H,16,17). The molecule has 1 amide bonds. The van der Waals surface area contributed by atoms with E-state index < -0.39 is 0 Å². The van der Waals surface area contributed by atoms with Gasteiger partial charge in [0.1, 0.15) is 0 Å². The number of hydrogen-bond acceptors (Lipinski definition) is 3. The average molecular weight is 260 g/mol. The van der Waals surface area contributed by atoms with Crippen molar-refractivity contribution in [3.8, 4) is 0 Å². The maximum atomic E-state index is 12.0. The number of anilines is 2. The lowest BCUT2D eigenvalue weighted by atomic mass is 10.1. The molecule has 1 aromatic carbocycles. The Hall–Kier alpha value is -1.81. The lowest BCUT2D eigenvalue weighted by Crippen LogP contribution is -2.11. The normalized spacial score (nSPS) is 10.1. The molecular weight excluding hydrogens is 244 g/mol. The van der Waals surface area contributed by atoms with Crippen LogP contribution >= 0.6 is 11.3 Å².